The van der Waals surface area contributed by atoms with Crippen LogP contribution in [0.25, 0.3) is 0 Å². The summed E-state index contributed by atoms with van der Waals surface area (Å²) in [4.78, 5) is 13.6. The second-order valence-corrected chi connectivity index (χ2v) is 5.37. The number of aryl methyl sites for hydroxylation is 1. The van der Waals surface area contributed by atoms with E-state index in [0.29, 0.717) is 5.92 Å². The van der Waals surface area contributed by atoms with E-state index in [1.54, 1.807) is 4.90 Å². The molecule has 0 radical (unpaired) electrons. The number of benzene rings is 1. The van der Waals surface area contributed by atoms with E-state index in [1.807, 2.05) is 52.1 Å². The van der Waals surface area contributed by atoms with Gasteiger partial charge in [-0.3, -0.25) is 4.79 Å². The van der Waals surface area contributed by atoms with Gasteiger partial charge in [0.15, 0.2) is 0 Å². The van der Waals surface area contributed by atoms with Crippen molar-refractivity contribution >= 4 is 27.5 Å². The second-order valence-electron chi connectivity index (χ2n) is 4.38. The first-order valence-corrected chi connectivity index (χ1v) is 6.33. The molecule has 0 aliphatic carbocycles. The average Bonchev–Trinajstić information content (AvgIpc) is 2.27. The number of carbonyl (C=O) groups excluding carboxylic acids is 1. The topological polar surface area (TPSA) is 20.3 Å². The molecule has 0 saturated carbocycles. The Bertz CT molecular complexity index is 359. The van der Waals surface area contributed by atoms with E-state index in [-0.39, 0.29) is 10.7 Å². The summed E-state index contributed by atoms with van der Waals surface area (Å²) in [6.45, 7) is 6.09. The summed E-state index contributed by atoms with van der Waals surface area (Å²) in [5.41, 5.74) is 2.13. The third-order valence-corrected chi connectivity index (χ3v) is 4.02. The molecule has 0 aliphatic rings. The lowest BCUT2D eigenvalue weighted by Gasteiger charge is -2.22. The zero-order valence-corrected chi connectivity index (χ0v) is 11.8. The van der Waals surface area contributed by atoms with Gasteiger partial charge < -0.3 is 4.90 Å². The van der Waals surface area contributed by atoms with E-state index in [2.05, 4.69) is 15.9 Å². The molecular formula is C13H18BrNO. The Labute approximate surface area is 106 Å². The van der Waals surface area contributed by atoms with E-state index in [9.17, 15) is 4.79 Å². The summed E-state index contributed by atoms with van der Waals surface area (Å²) in [5.74, 6) is 0.388. The Morgan fingerprint density at radius 3 is 2.19 bits per heavy atom. The minimum atomic E-state index is -0.126. The number of carbonyl (C=O) groups is 1. The predicted octanol–water partition coefficient (Wildman–Crippen LogP) is 3.38. The van der Waals surface area contributed by atoms with Crippen LogP contribution in [0.4, 0.5) is 5.69 Å². The molecule has 16 heavy (non-hydrogen) atoms. The van der Waals surface area contributed by atoms with Gasteiger partial charge in [-0.2, -0.15) is 0 Å². The van der Waals surface area contributed by atoms with Crippen LogP contribution in [0.1, 0.15) is 19.4 Å². The molecule has 1 atom stereocenters. The van der Waals surface area contributed by atoms with E-state index in [1.165, 1.54) is 5.56 Å². The van der Waals surface area contributed by atoms with Gasteiger partial charge in [0, 0.05) is 12.7 Å². The Hall–Kier alpha value is -0.830. The van der Waals surface area contributed by atoms with Crippen molar-refractivity contribution in [2.75, 3.05) is 11.9 Å². The van der Waals surface area contributed by atoms with Crippen LogP contribution in [0, 0.1) is 12.8 Å². The molecule has 0 aliphatic heterocycles. The lowest BCUT2D eigenvalue weighted by molar-refractivity contribution is -0.118. The maximum Gasteiger partial charge on any atom is 0.240 e. The van der Waals surface area contributed by atoms with E-state index in [4.69, 9.17) is 0 Å². The van der Waals surface area contributed by atoms with Crippen LogP contribution in [-0.4, -0.2) is 17.8 Å². The van der Waals surface area contributed by atoms with Gasteiger partial charge in [-0.05, 0) is 25.0 Å². The minimum absolute atomic E-state index is 0.0962. The number of amides is 1. The fourth-order valence-corrected chi connectivity index (χ4v) is 1.67. The summed E-state index contributed by atoms with van der Waals surface area (Å²) in [5, 5.41) is 0. The molecule has 0 bridgehead atoms. The highest BCUT2D eigenvalue weighted by molar-refractivity contribution is 9.10. The second kappa shape index (κ2) is 5.48. The number of anilines is 1. The molecule has 0 heterocycles. The van der Waals surface area contributed by atoms with Gasteiger partial charge in [-0.15, -0.1) is 0 Å². The third-order valence-electron chi connectivity index (χ3n) is 2.57. The number of rotatable bonds is 3. The van der Waals surface area contributed by atoms with Gasteiger partial charge in [0.05, 0.1) is 4.83 Å². The Balaban J connectivity index is 2.82. The number of hydrogen-bond acceptors (Lipinski definition) is 1. The van der Waals surface area contributed by atoms with Gasteiger partial charge >= 0.3 is 0 Å². The first-order chi connectivity index (χ1) is 7.43. The molecule has 0 N–H and O–H groups in total. The number of alkyl halides is 1. The fraction of sp³-hybridized carbons (Fsp3) is 0.462. The van der Waals surface area contributed by atoms with Gasteiger partial charge in [0.1, 0.15) is 0 Å². The van der Waals surface area contributed by atoms with Crippen LogP contribution in [0.2, 0.25) is 0 Å². The van der Waals surface area contributed by atoms with Crippen LogP contribution >= 0.6 is 15.9 Å². The molecule has 1 aromatic rings. The number of halogens is 1. The Kier molecular flexibility index (Phi) is 4.54. The highest BCUT2D eigenvalue weighted by Crippen LogP contribution is 2.20. The molecule has 1 unspecified atom stereocenters. The first-order valence-electron chi connectivity index (χ1n) is 5.41. The van der Waals surface area contributed by atoms with E-state index < -0.39 is 0 Å². The first kappa shape index (κ1) is 13.2. The molecule has 2 nitrogen and oxygen atoms in total. The number of hydrogen-bond donors (Lipinski definition) is 0. The lowest BCUT2D eigenvalue weighted by Crippen LogP contribution is -2.35. The van der Waals surface area contributed by atoms with Crippen molar-refractivity contribution in [3.63, 3.8) is 0 Å². The van der Waals surface area contributed by atoms with Gasteiger partial charge in [0.25, 0.3) is 0 Å². The van der Waals surface area contributed by atoms with Crippen LogP contribution in [0.15, 0.2) is 24.3 Å². The standard InChI is InChI=1S/C13H18BrNO/c1-9(2)12(14)13(16)15(4)11-7-5-10(3)6-8-11/h5-9,12H,1-4H3. The third kappa shape index (κ3) is 3.08. The predicted molar refractivity (Wildman–Crippen MR) is 72.1 cm³/mol. The van der Waals surface area contributed by atoms with Gasteiger partial charge in [-0.1, -0.05) is 47.5 Å². The quantitative estimate of drug-likeness (QED) is 0.779. The highest BCUT2D eigenvalue weighted by Gasteiger charge is 2.22. The molecular weight excluding hydrogens is 266 g/mol. The summed E-state index contributed by atoms with van der Waals surface area (Å²) in [6, 6.07) is 7.95. The maximum absolute atomic E-state index is 12.0. The molecule has 0 fully saturated rings. The van der Waals surface area contributed by atoms with Crippen molar-refractivity contribution in [3.05, 3.63) is 29.8 Å². The SMILES string of the molecule is Cc1ccc(N(C)C(=O)C(Br)C(C)C)cc1. The number of nitrogens with zero attached hydrogens (tertiary/aromatic N) is 1. The highest BCUT2D eigenvalue weighted by atomic mass is 79.9. The van der Waals surface area contributed by atoms with Crippen molar-refractivity contribution < 1.29 is 4.79 Å². The summed E-state index contributed by atoms with van der Waals surface area (Å²) in [7, 11) is 1.81. The molecule has 0 aromatic heterocycles. The lowest BCUT2D eigenvalue weighted by atomic mass is 10.1. The Morgan fingerprint density at radius 2 is 1.75 bits per heavy atom. The molecule has 88 valence electrons. The summed E-state index contributed by atoms with van der Waals surface area (Å²) >= 11 is 3.43. The van der Waals surface area contributed by atoms with E-state index in [0.717, 1.165) is 5.69 Å². The van der Waals surface area contributed by atoms with Crippen LogP contribution in [0.5, 0.6) is 0 Å². The summed E-state index contributed by atoms with van der Waals surface area (Å²) in [6.07, 6.45) is 0. The molecule has 1 aromatic carbocycles. The zero-order valence-electron chi connectivity index (χ0n) is 10.2. The fourth-order valence-electron chi connectivity index (χ4n) is 1.37. The van der Waals surface area contributed by atoms with Gasteiger partial charge in [0.2, 0.25) is 5.91 Å². The van der Waals surface area contributed by atoms with Crippen molar-refractivity contribution in [2.45, 2.75) is 25.6 Å². The molecule has 0 saturated heterocycles. The monoisotopic (exact) mass is 283 g/mol. The Morgan fingerprint density at radius 1 is 1.25 bits per heavy atom. The molecule has 0 spiro atoms. The normalized spacial score (nSPS) is 12.6. The molecule has 3 heteroatoms. The van der Waals surface area contributed by atoms with Crippen LogP contribution < -0.4 is 4.90 Å². The van der Waals surface area contributed by atoms with Gasteiger partial charge in [-0.25, -0.2) is 0 Å². The van der Waals surface area contributed by atoms with Crippen LogP contribution in [-0.2, 0) is 4.79 Å². The van der Waals surface area contributed by atoms with Crippen molar-refractivity contribution in [1.29, 1.82) is 0 Å². The van der Waals surface area contributed by atoms with Crippen LogP contribution in [0.3, 0.4) is 0 Å². The molecule has 1 rings (SSSR count). The maximum atomic E-state index is 12.0. The largest absolute Gasteiger partial charge is 0.315 e. The summed E-state index contributed by atoms with van der Waals surface area (Å²) < 4.78 is 0. The molecule has 1 amide bonds. The minimum Gasteiger partial charge on any atom is -0.315 e. The zero-order chi connectivity index (χ0) is 12.3. The van der Waals surface area contributed by atoms with Crippen molar-refractivity contribution in [3.8, 4) is 0 Å². The average molecular weight is 284 g/mol. The smallest absolute Gasteiger partial charge is 0.240 e. The van der Waals surface area contributed by atoms with Crippen molar-refractivity contribution in [2.24, 2.45) is 5.92 Å². The van der Waals surface area contributed by atoms with E-state index >= 15 is 0 Å². The van der Waals surface area contributed by atoms with Crippen molar-refractivity contribution in [1.82, 2.24) is 0 Å².